The molecule has 1 heterocycles. The lowest BCUT2D eigenvalue weighted by atomic mass is 9.96. The van der Waals surface area contributed by atoms with Crippen LogP contribution in [0.4, 0.5) is 5.69 Å². The predicted molar refractivity (Wildman–Crippen MR) is 117 cm³/mol. The third kappa shape index (κ3) is 3.93. The summed E-state index contributed by atoms with van der Waals surface area (Å²) >= 11 is 0. The number of phenolic OH excluding ortho intramolecular Hbond substituents is 1. The Hall–Kier alpha value is -3.55. The monoisotopic (exact) mass is 425 g/mol. The van der Waals surface area contributed by atoms with Crippen LogP contribution >= 0.6 is 0 Å². The molecule has 2 aromatic carbocycles. The second kappa shape index (κ2) is 8.29. The van der Waals surface area contributed by atoms with E-state index in [9.17, 15) is 9.90 Å². The maximum absolute atomic E-state index is 13.3. The van der Waals surface area contributed by atoms with Gasteiger partial charge in [-0.3, -0.25) is 4.79 Å². The number of amides is 1. The highest BCUT2D eigenvalue weighted by Crippen LogP contribution is 2.39. The first kappa shape index (κ1) is 20.7. The topological polar surface area (TPSA) is 120 Å². The Balaban J connectivity index is 1.64. The summed E-state index contributed by atoms with van der Waals surface area (Å²) in [5.74, 6) is 1.64. The van der Waals surface area contributed by atoms with Gasteiger partial charge in [0.2, 0.25) is 0 Å². The van der Waals surface area contributed by atoms with Gasteiger partial charge in [0.1, 0.15) is 0 Å². The fourth-order valence-corrected chi connectivity index (χ4v) is 3.77. The van der Waals surface area contributed by atoms with Crippen LogP contribution < -0.4 is 25.7 Å². The minimum atomic E-state index is -0.267. The molecule has 8 heteroatoms. The molecule has 1 aliphatic heterocycles. The fraction of sp³-hybridized carbons (Fsp3) is 0.348. The van der Waals surface area contributed by atoms with Gasteiger partial charge in [-0.1, -0.05) is 0 Å². The fourth-order valence-electron chi connectivity index (χ4n) is 3.77. The molecule has 0 saturated heterocycles. The van der Waals surface area contributed by atoms with Gasteiger partial charge < -0.3 is 35.7 Å². The lowest BCUT2D eigenvalue weighted by molar-refractivity contribution is 0.0822. The molecular formula is C23H27N3O5. The second-order valence-electron chi connectivity index (χ2n) is 7.78. The SMILES string of the molecule is COc1cc(N)c(/C(=C\N)N2CCc3cc(OCC4CC4)c(O)cc3C2=O)cc1OC. The number of nitrogens with zero attached hydrogens (tertiary/aromatic N) is 1. The van der Waals surface area contributed by atoms with Crippen LogP contribution in [0.15, 0.2) is 30.5 Å². The third-order valence-corrected chi connectivity index (χ3v) is 5.72. The zero-order valence-electron chi connectivity index (χ0n) is 17.7. The van der Waals surface area contributed by atoms with E-state index >= 15 is 0 Å². The summed E-state index contributed by atoms with van der Waals surface area (Å²) in [6, 6.07) is 6.56. The highest BCUT2D eigenvalue weighted by Gasteiger charge is 2.30. The summed E-state index contributed by atoms with van der Waals surface area (Å²) in [5, 5.41) is 10.4. The largest absolute Gasteiger partial charge is 0.504 e. The molecule has 0 radical (unpaired) electrons. The van der Waals surface area contributed by atoms with Gasteiger partial charge in [-0.25, -0.2) is 0 Å². The zero-order chi connectivity index (χ0) is 22.1. The van der Waals surface area contributed by atoms with Crippen LogP contribution in [0, 0.1) is 5.92 Å². The molecule has 1 saturated carbocycles. The van der Waals surface area contributed by atoms with Gasteiger partial charge in [0.15, 0.2) is 23.0 Å². The summed E-state index contributed by atoms with van der Waals surface area (Å²) in [6.45, 7) is 1.00. The number of hydrogen-bond acceptors (Lipinski definition) is 7. The number of nitrogen functional groups attached to an aromatic ring is 1. The van der Waals surface area contributed by atoms with Crippen LogP contribution in [-0.2, 0) is 6.42 Å². The molecule has 0 bridgehead atoms. The van der Waals surface area contributed by atoms with E-state index in [-0.39, 0.29) is 11.7 Å². The summed E-state index contributed by atoms with van der Waals surface area (Å²) in [7, 11) is 3.05. The van der Waals surface area contributed by atoms with Crippen molar-refractivity contribution in [3.05, 3.63) is 47.2 Å². The summed E-state index contributed by atoms with van der Waals surface area (Å²) < 4.78 is 16.4. The number of carbonyl (C=O) groups is 1. The van der Waals surface area contributed by atoms with Crippen molar-refractivity contribution in [3.8, 4) is 23.0 Å². The van der Waals surface area contributed by atoms with Crippen molar-refractivity contribution in [2.45, 2.75) is 19.3 Å². The van der Waals surface area contributed by atoms with E-state index in [1.54, 1.807) is 23.1 Å². The van der Waals surface area contributed by atoms with Crippen molar-refractivity contribution in [1.82, 2.24) is 4.90 Å². The Bertz CT molecular complexity index is 1050. The van der Waals surface area contributed by atoms with Gasteiger partial charge in [0, 0.05) is 35.6 Å². The number of nitrogens with two attached hydrogens (primary N) is 2. The minimum absolute atomic E-state index is 0.0430. The number of ether oxygens (including phenoxy) is 3. The number of methoxy groups -OCH3 is 2. The van der Waals surface area contributed by atoms with Crippen molar-refractivity contribution in [1.29, 1.82) is 0 Å². The molecule has 0 aromatic heterocycles. The predicted octanol–water partition coefficient (Wildman–Crippen LogP) is 2.74. The number of phenols is 1. The number of hydrogen-bond donors (Lipinski definition) is 3. The molecule has 5 N–H and O–H groups in total. The first-order valence-corrected chi connectivity index (χ1v) is 10.2. The molecule has 1 amide bonds. The Morgan fingerprint density at radius 3 is 2.52 bits per heavy atom. The van der Waals surface area contributed by atoms with Crippen molar-refractivity contribution >= 4 is 17.3 Å². The lowest BCUT2D eigenvalue weighted by Gasteiger charge is -2.31. The van der Waals surface area contributed by atoms with Gasteiger partial charge in [0.05, 0.1) is 26.5 Å². The standard InChI is InChI=1S/C23H27N3O5/c1-29-21-9-16(17(25)10-22(21)30-2)18(11-24)26-6-5-14-7-20(31-12-13-3-4-13)19(27)8-15(14)23(26)28/h7-11,13,27H,3-6,12,24-25H2,1-2H3/b18-11+. The number of anilines is 1. The van der Waals surface area contributed by atoms with Crippen molar-refractivity contribution in [3.63, 3.8) is 0 Å². The number of carbonyl (C=O) groups excluding carboxylic acids is 1. The van der Waals surface area contributed by atoms with Crippen LogP contribution in [0.1, 0.15) is 34.3 Å². The van der Waals surface area contributed by atoms with Crippen LogP contribution in [0.3, 0.4) is 0 Å². The molecule has 1 aliphatic carbocycles. The van der Waals surface area contributed by atoms with E-state index in [2.05, 4.69) is 0 Å². The Labute approximate surface area is 181 Å². The molecule has 1 fully saturated rings. The molecule has 31 heavy (non-hydrogen) atoms. The van der Waals surface area contributed by atoms with E-state index in [4.69, 9.17) is 25.7 Å². The van der Waals surface area contributed by atoms with Gasteiger partial charge >= 0.3 is 0 Å². The van der Waals surface area contributed by atoms with Crippen molar-refractivity contribution < 1.29 is 24.1 Å². The average molecular weight is 425 g/mol. The van der Waals surface area contributed by atoms with Crippen molar-refractivity contribution in [2.75, 3.05) is 33.1 Å². The molecule has 0 unspecified atom stereocenters. The summed E-state index contributed by atoms with van der Waals surface area (Å²) in [6.07, 6.45) is 4.26. The number of fused-ring (bicyclic) bond motifs is 1. The lowest BCUT2D eigenvalue weighted by Crippen LogP contribution is -2.36. The Kier molecular flexibility index (Phi) is 5.54. The highest BCUT2D eigenvalue weighted by atomic mass is 16.5. The Morgan fingerprint density at radius 1 is 1.16 bits per heavy atom. The van der Waals surface area contributed by atoms with Gasteiger partial charge in [-0.2, -0.15) is 0 Å². The van der Waals surface area contributed by atoms with E-state index in [0.717, 1.165) is 18.4 Å². The maximum Gasteiger partial charge on any atom is 0.258 e. The Morgan fingerprint density at radius 2 is 1.87 bits per heavy atom. The first-order chi connectivity index (χ1) is 15.0. The van der Waals surface area contributed by atoms with Crippen LogP contribution in [0.25, 0.3) is 5.70 Å². The quantitative estimate of drug-likeness (QED) is 0.583. The summed E-state index contributed by atoms with van der Waals surface area (Å²) in [5.41, 5.74) is 14.8. The van der Waals surface area contributed by atoms with Crippen LogP contribution in [-0.4, -0.2) is 43.3 Å². The number of benzene rings is 2. The van der Waals surface area contributed by atoms with E-state index in [1.807, 2.05) is 0 Å². The number of aromatic hydroxyl groups is 1. The first-order valence-electron chi connectivity index (χ1n) is 10.2. The second-order valence-corrected chi connectivity index (χ2v) is 7.78. The molecular weight excluding hydrogens is 398 g/mol. The van der Waals surface area contributed by atoms with Gasteiger partial charge in [-0.05, 0) is 48.9 Å². The molecule has 0 spiro atoms. The maximum atomic E-state index is 13.3. The minimum Gasteiger partial charge on any atom is -0.504 e. The number of rotatable bonds is 7. The van der Waals surface area contributed by atoms with E-state index in [1.165, 1.54) is 26.5 Å². The van der Waals surface area contributed by atoms with Crippen LogP contribution in [0.5, 0.6) is 23.0 Å². The van der Waals surface area contributed by atoms with Gasteiger partial charge in [0.25, 0.3) is 5.91 Å². The van der Waals surface area contributed by atoms with Gasteiger partial charge in [-0.15, -0.1) is 0 Å². The highest BCUT2D eigenvalue weighted by molar-refractivity contribution is 6.03. The summed E-state index contributed by atoms with van der Waals surface area (Å²) in [4.78, 5) is 14.9. The molecule has 4 rings (SSSR count). The van der Waals surface area contributed by atoms with Crippen LogP contribution in [0.2, 0.25) is 0 Å². The van der Waals surface area contributed by atoms with E-state index < -0.39 is 0 Å². The molecule has 2 aliphatic rings. The van der Waals surface area contributed by atoms with E-state index in [0.29, 0.717) is 65.3 Å². The molecule has 164 valence electrons. The normalized spacial score (nSPS) is 16.1. The zero-order valence-corrected chi connectivity index (χ0v) is 17.7. The van der Waals surface area contributed by atoms with Crippen molar-refractivity contribution in [2.24, 2.45) is 11.7 Å². The molecule has 0 atom stereocenters. The average Bonchev–Trinajstić information content (AvgIpc) is 3.60. The molecule has 2 aromatic rings. The smallest absolute Gasteiger partial charge is 0.258 e. The molecule has 8 nitrogen and oxygen atoms in total. The third-order valence-electron chi connectivity index (χ3n) is 5.72.